The summed E-state index contributed by atoms with van der Waals surface area (Å²) in [5, 5.41) is 2.95. The Kier molecular flexibility index (Phi) is 6.20. The van der Waals surface area contributed by atoms with Gasteiger partial charge in [0.25, 0.3) is 0 Å². The Morgan fingerprint density at radius 1 is 1.10 bits per heavy atom. The molecule has 0 saturated carbocycles. The van der Waals surface area contributed by atoms with E-state index in [1.165, 1.54) is 30.0 Å². The highest BCUT2D eigenvalue weighted by atomic mass is 32.2. The number of hydrogen-bond donors (Lipinski definition) is 1. The van der Waals surface area contributed by atoms with Crippen molar-refractivity contribution in [1.29, 1.82) is 0 Å². The van der Waals surface area contributed by atoms with E-state index in [9.17, 15) is 17.6 Å². The van der Waals surface area contributed by atoms with E-state index >= 15 is 0 Å². The Bertz CT molecular complexity index is 1160. The lowest BCUT2D eigenvalue weighted by Crippen LogP contribution is -2.42. The van der Waals surface area contributed by atoms with Crippen LogP contribution >= 0.6 is 0 Å². The van der Waals surface area contributed by atoms with Gasteiger partial charge >= 0.3 is 0 Å². The van der Waals surface area contributed by atoms with Crippen LogP contribution in [0.4, 0.5) is 4.39 Å². The van der Waals surface area contributed by atoms with Gasteiger partial charge < -0.3 is 9.73 Å². The Hall–Kier alpha value is -2.97. The van der Waals surface area contributed by atoms with Gasteiger partial charge in [0.05, 0.1) is 25.4 Å². The van der Waals surface area contributed by atoms with Gasteiger partial charge in [0.1, 0.15) is 16.5 Å². The molecule has 1 aromatic heterocycles. The summed E-state index contributed by atoms with van der Waals surface area (Å²) < 4.78 is 46.8. The fourth-order valence-electron chi connectivity index (χ4n) is 3.90. The topological polar surface area (TPSA) is 79.6 Å². The molecule has 1 heterocycles. The van der Waals surface area contributed by atoms with Crippen LogP contribution in [0.25, 0.3) is 0 Å². The molecule has 0 aliphatic heterocycles. The average Bonchev–Trinajstić information content (AvgIpc) is 3.27. The van der Waals surface area contributed by atoms with Gasteiger partial charge in [-0.2, -0.15) is 4.31 Å². The highest BCUT2D eigenvalue weighted by molar-refractivity contribution is 7.89. The molecule has 1 atom stereocenters. The quantitative estimate of drug-likeness (QED) is 0.604. The predicted molar refractivity (Wildman–Crippen MR) is 113 cm³/mol. The first-order valence-electron chi connectivity index (χ1n) is 10.1. The molecule has 1 amide bonds. The van der Waals surface area contributed by atoms with Crippen molar-refractivity contribution < 1.29 is 22.0 Å². The molecule has 0 spiro atoms. The Labute approximate surface area is 180 Å². The Balaban J connectivity index is 1.57. The summed E-state index contributed by atoms with van der Waals surface area (Å²) in [7, 11) is -4.27. The summed E-state index contributed by atoms with van der Waals surface area (Å²) in [6.45, 7) is -0.631. The number of aryl methyl sites for hydroxylation is 1. The summed E-state index contributed by atoms with van der Waals surface area (Å²) in [5.74, 6) is -0.961. The minimum atomic E-state index is -4.27. The minimum Gasteiger partial charge on any atom is -0.468 e. The van der Waals surface area contributed by atoms with E-state index in [0.29, 0.717) is 5.76 Å². The van der Waals surface area contributed by atoms with Gasteiger partial charge in [-0.3, -0.25) is 4.79 Å². The molecule has 0 bridgehead atoms. The molecule has 8 heteroatoms. The Morgan fingerprint density at radius 3 is 2.65 bits per heavy atom. The smallest absolute Gasteiger partial charge is 0.246 e. The van der Waals surface area contributed by atoms with Gasteiger partial charge in [-0.1, -0.05) is 36.4 Å². The zero-order valence-electron chi connectivity index (χ0n) is 16.8. The second-order valence-electron chi connectivity index (χ2n) is 7.49. The zero-order valence-corrected chi connectivity index (χ0v) is 17.6. The molecule has 0 saturated heterocycles. The van der Waals surface area contributed by atoms with Gasteiger partial charge in [0.15, 0.2) is 0 Å². The average molecular weight is 443 g/mol. The predicted octanol–water partition coefficient (Wildman–Crippen LogP) is 3.80. The number of benzene rings is 2. The lowest BCUT2D eigenvalue weighted by atomic mass is 9.88. The van der Waals surface area contributed by atoms with Gasteiger partial charge in [-0.25, -0.2) is 12.8 Å². The summed E-state index contributed by atoms with van der Waals surface area (Å²) in [6, 6.07) is 16.1. The van der Waals surface area contributed by atoms with Crippen molar-refractivity contribution in [3.8, 4) is 0 Å². The first-order valence-corrected chi connectivity index (χ1v) is 11.5. The SMILES string of the molecule is O=C(CN(Cc1ccco1)S(=O)(=O)c1ccccc1F)N[C@@H]1CCCc2ccccc21. The molecule has 6 nitrogen and oxygen atoms in total. The molecule has 3 aromatic rings. The van der Waals surface area contributed by atoms with Crippen LogP contribution in [-0.2, 0) is 27.8 Å². The second kappa shape index (κ2) is 9.03. The third-order valence-electron chi connectivity index (χ3n) is 5.39. The number of sulfonamides is 1. The van der Waals surface area contributed by atoms with Crippen LogP contribution in [0.15, 0.2) is 76.2 Å². The molecule has 2 aromatic carbocycles. The number of amides is 1. The molecule has 0 unspecified atom stereocenters. The van der Waals surface area contributed by atoms with Gasteiger partial charge in [0, 0.05) is 0 Å². The highest BCUT2D eigenvalue weighted by Gasteiger charge is 2.31. The molecule has 0 radical (unpaired) electrons. The maximum absolute atomic E-state index is 14.3. The number of halogens is 1. The van der Waals surface area contributed by atoms with Crippen molar-refractivity contribution >= 4 is 15.9 Å². The summed E-state index contributed by atoms with van der Waals surface area (Å²) in [6.07, 6.45) is 4.09. The van der Waals surface area contributed by atoms with E-state index in [1.54, 1.807) is 12.1 Å². The van der Waals surface area contributed by atoms with Crippen LogP contribution < -0.4 is 5.32 Å². The number of rotatable bonds is 7. The maximum Gasteiger partial charge on any atom is 0.246 e. The molecule has 1 aliphatic carbocycles. The van der Waals surface area contributed by atoms with Gasteiger partial charge in [0.2, 0.25) is 15.9 Å². The highest BCUT2D eigenvalue weighted by Crippen LogP contribution is 2.29. The van der Waals surface area contributed by atoms with Crippen molar-refractivity contribution in [1.82, 2.24) is 9.62 Å². The van der Waals surface area contributed by atoms with Crippen molar-refractivity contribution in [2.75, 3.05) is 6.54 Å². The first kappa shape index (κ1) is 21.3. The second-order valence-corrected chi connectivity index (χ2v) is 9.40. The number of carbonyl (C=O) groups excluding carboxylic acids is 1. The fourth-order valence-corrected chi connectivity index (χ4v) is 5.33. The third-order valence-corrected chi connectivity index (χ3v) is 7.22. The molecule has 1 N–H and O–H groups in total. The first-order chi connectivity index (χ1) is 14.9. The van der Waals surface area contributed by atoms with Crippen LogP contribution in [0.3, 0.4) is 0 Å². The van der Waals surface area contributed by atoms with Crippen molar-refractivity contribution in [2.24, 2.45) is 0 Å². The summed E-state index contributed by atoms with van der Waals surface area (Å²) in [4.78, 5) is 12.4. The van der Waals surface area contributed by atoms with Crippen LogP contribution in [0.1, 0.15) is 35.8 Å². The number of furan rings is 1. The number of nitrogens with one attached hydrogen (secondary N) is 1. The van der Waals surface area contributed by atoms with Crippen molar-refractivity contribution in [2.45, 2.75) is 36.7 Å². The van der Waals surface area contributed by atoms with Gasteiger partial charge in [-0.15, -0.1) is 0 Å². The van der Waals surface area contributed by atoms with Crippen LogP contribution in [0, 0.1) is 5.82 Å². The van der Waals surface area contributed by atoms with Crippen molar-refractivity contribution in [3.63, 3.8) is 0 Å². The molecular formula is C23H23FN2O4S. The third kappa shape index (κ3) is 4.70. The standard InChI is InChI=1S/C23H23FN2O4S/c24-20-11-3-4-13-22(20)31(28,29)26(15-18-9-6-14-30-18)16-23(27)25-21-12-5-8-17-7-1-2-10-19(17)21/h1-4,6-7,9-11,13-14,21H,5,8,12,15-16H2,(H,25,27)/t21-/m1/s1. The van der Waals surface area contributed by atoms with Gasteiger partial charge in [-0.05, 0) is 54.7 Å². The normalized spacial score (nSPS) is 16.1. The molecule has 1 aliphatic rings. The van der Waals surface area contributed by atoms with Crippen molar-refractivity contribution in [3.05, 3.63) is 89.6 Å². The largest absolute Gasteiger partial charge is 0.468 e. The molecule has 0 fully saturated rings. The van der Waals surface area contributed by atoms with E-state index in [2.05, 4.69) is 5.32 Å². The molecule has 31 heavy (non-hydrogen) atoms. The minimum absolute atomic E-state index is 0.181. The number of hydrogen-bond acceptors (Lipinski definition) is 4. The van der Waals surface area contributed by atoms with E-state index in [0.717, 1.165) is 35.2 Å². The summed E-state index contributed by atoms with van der Waals surface area (Å²) >= 11 is 0. The van der Waals surface area contributed by atoms with Crippen LogP contribution in [-0.4, -0.2) is 25.2 Å². The molecule has 4 rings (SSSR count). The summed E-state index contributed by atoms with van der Waals surface area (Å²) in [5.41, 5.74) is 2.24. The number of carbonyl (C=O) groups is 1. The van der Waals surface area contributed by atoms with Crippen LogP contribution in [0.2, 0.25) is 0 Å². The molecule has 162 valence electrons. The van der Waals surface area contributed by atoms with Crippen LogP contribution in [0.5, 0.6) is 0 Å². The monoisotopic (exact) mass is 442 g/mol. The van der Waals surface area contributed by atoms with E-state index in [-0.39, 0.29) is 12.6 Å². The van der Waals surface area contributed by atoms with E-state index < -0.39 is 33.2 Å². The van der Waals surface area contributed by atoms with E-state index in [1.807, 2.05) is 24.3 Å². The van der Waals surface area contributed by atoms with E-state index in [4.69, 9.17) is 4.42 Å². The molecular weight excluding hydrogens is 419 g/mol. The fraction of sp³-hybridized carbons (Fsp3) is 0.261. The zero-order chi connectivity index (χ0) is 21.8. The lowest BCUT2D eigenvalue weighted by molar-refractivity contribution is -0.122. The maximum atomic E-state index is 14.3. The number of nitrogens with zero attached hydrogens (tertiary/aromatic N) is 1. The Morgan fingerprint density at radius 2 is 1.87 bits per heavy atom. The lowest BCUT2D eigenvalue weighted by Gasteiger charge is -2.28. The number of fused-ring (bicyclic) bond motifs is 1.